The number of halogens is 2. The highest BCUT2D eigenvalue weighted by Crippen LogP contribution is 2.25. The van der Waals surface area contributed by atoms with E-state index in [1.54, 1.807) is 0 Å². The summed E-state index contributed by atoms with van der Waals surface area (Å²) < 4.78 is 5.64. The number of nitriles is 1. The van der Waals surface area contributed by atoms with Crippen molar-refractivity contribution in [2.75, 3.05) is 26.2 Å². The fraction of sp³-hybridized carbons (Fsp3) is 0.583. The average Bonchev–Trinajstić information content (AvgIpc) is 2.74. The predicted molar refractivity (Wildman–Crippen MR) is 75.4 cm³/mol. The minimum atomic E-state index is 0. The quantitative estimate of drug-likeness (QED) is 0.928. The Morgan fingerprint density at radius 2 is 2.06 bits per heavy atom. The second kappa shape index (κ2) is 8.39. The fourth-order valence-corrected chi connectivity index (χ4v) is 2.12. The second-order valence-electron chi connectivity index (χ2n) is 4.11. The fourth-order valence-electron chi connectivity index (χ4n) is 2.12. The van der Waals surface area contributed by atoms with E-state index in [0.717, 1.165) is 37.7 Å². The van der Waals surface area contributed by atoms with Gasteiger partial charge in [0, 0.05) is 26.2 Å². The Bertz CT molecular complexity index is 383. The van der Waals surface area contributed by atoms with Crippen LogP contribution >= 0.6 is 24.8 Å². The summed E-state index contributed by atoms with van der Waals surface area (Å²) in [5, 5.41) is 12.2. The third kappa shape index (κ3) is 4.18. The van der Waals surface area contributed by atoms with Gasteiger partial charge in [0.1, 0.15) is 11.5 Å². The zero-order valence-corrected chi connectivity index (χ0v) is 12.0. The van der Waals surface area contributed by atoms with E-state index in [9.17, 15) is 0 Å². The lowest BCUT2D eigenvalue weighted by Crippen LogP contribution is -2.45. The summed E-state index contributed by atoms with van der Waals surface area (Å²) >= 11 is 0. The molecule has 1 aliphatic heterocycles. The molecule has 1 N–H and O–H groups in total. The molecule has 0 aromatic carbocycles. The van der Waals surface area contributed by atoms with Crippen LogP contribution in [0.3, 0.4) is 0 Å². The van der Waals surface area contributed by atoms with Crippen LogP contribution in [-0.4, -0.2) is 31.1 Å². The monoisotopic (exact) mass is 291 g/mol. The lowest BCUT2D eigenvalue weighted by molar-refractivity contribution is 0.156. The number of nitrogens with zero attached hydrogens (tertiary/aromatic N) is 2. The molecule has 0 aliphatic carbocycles. The Labute approximate surface area is 120 Å². The van der Waals surface area contributed by atoms with E-state index in [-0.39, 0.29) is 30.9 Å². The molecule has 0 amide bonds. The Morgan fingerprint density at radius 1 is 1.39 bits per heavy atom. The van der Waals surface area contributed by atoms with Crippen molar-refractivity contribution in [3.8, 4) is 6.07 Å². The van der Waals surface area contributed by atoms with Gasteiger partial charge in [0.25, 0.3) is 0 Å². The van der Waals surface area contributed by atoms with E-state index in [1.165, 1.54) is 0 Å². The zero-order valence-electron chi connectivity index (χ0n) is 10.4. The van der Waals surface area contributed by atoms with Crippen molar-refractivity contribution < 1.29 is 4.42 Å². The molecule has 1 aromatic heterocycles. The molecular weight excluding hydrogens is 273 g/mol. The summed E-state index contributed by atoms with van der Waals surface area (Å²) in [4.78, 5) is 2.32. The van der Waals surface area contributed by atoms with Crippen molar-refractivity contribution in [3.05, 3.63) is 23.7 Å². The van der Waals surface area contributed by atoms with Crippen LogP contribution in [0, 0.1) is 18.3 Å². The molecule has 1 fully saturated rings. The largest absolute Gasteiger partial charge is 0.465 e. The number of aryl methyl sites for hydroxylation is 1. The van der Waals surface area contributed by atoms with Gasteiger partial charge in [-0.05, 0) is 19.1 Å². The Morgan fingerprint density at radius 3 is 2.56 bits per heavy atom. The maximum absolute atomic E-state index is 8.90. The standard InChI is InChI=1S/C12H17N3O.2ClH/c1-10-2-3-12(16-10)11(4-5-13)15-8-6-14-7-9-15;;/h2-3,11,14H,4,6-9H2,1H3;2*1H/t11-;;/m0../s1. The van der Waals surface area contributed by atoms with Gasteiger partial charge in [0.05, 0.1) is 18.5 Å². The first-order valence-corrected chi connectivity index (χ1v) is 5.69. The van der Waals surface area contributed by atoms with Gasteiger partial charge >= 0.3 is 0 Å². The highest BCUT2D eigenvalue weighted by molar-refractivity contribution is 5.85. The molecule has 0 bridgehead atoms. The van der Waals surface area contributed by atoms with E-state index in [2.05, 4.69) is 16.3 Å². The van der Waals surface area contributed by atoms with Gasteiger partial charge in [-0.3, -0.25) is 4.90 Å². The highest BCUT2D eigenvalue weighted by Gasteiger charge is 2.24. The minimum Gasteiger partial charge on any atom is -0.465 e. The van der Waals surface area contributed by atoms with Crippen LogP contribution < -0.4 is 5.32 Å². The summed E-state index contributed by atoms with van der Waals surface area (Å²) in [6, 6.07) is 6.31. The van der Waals surface area contributed by atoms with Crippen molar-refractivity contribution in [1.29, 1.82) is 5.26 Å². The van der Waals surface area contributed by atoms with Crippen molar-refractivity contribution in [2.24, 2.45) is 0 Å². The van der Waals surface area contributed by atoms with E-state index in [4.69, 9.17) is 9.68 Å². The summed E-state index contributed by atoms with van der Waals surface area (Å²) in [5.41, 5.74) is 0. The van der Waals surface area contributed by atoms with Gasteiger partial charge in [0.2, 0.25) is 0 Å². The second-order valence-corrected chi connectivity index (χ2v) is 4.11. The molecule has 1 aliphatic rings. The zero-order chi connectivity index (χ0) is 11.4. The first kappa shape index (κ1) is 17.3. The molecule has 0 saturated carbocycles. The van der Waals surface area contributed by atoms with Crippen molar-refractivity contribution in [3.63, 3.8) is 0 Å². The number of hydrogen-bond acceptors (Lipinski definition) is 4. The van der Waals surface area contributed by atoms with Crippen LogP contribution in [0.25, 0.3) is 0 Å². The molecule has 2 heterocycles. The summed E-state index contributed by atoms with van der Waals surface area (Å²) in [5.74, 6) is 1.83. The van der Waals surface area contributed by atoms with Crippen LogP contribution in [0.5, 0.6) is 0 Å². The number of nitrogens with one attached hydrogen (secondary N) is 1. The van der Waals surface area contributed by atoms with Crippen LogP contribution in [0.15, 0.2) is 16.5 Å². The third-order valence-electron chi connectivity index (χ3n) is 2.97. The van der Waals surface area contributed by atoms with Gasteiger partial charge in [-0.15, -0.1) is 24.8 Å². The van der Waals surface area contributed by atoms with E-state index < -0.39 is 0 Å². The summed E-state index contributed by atoms with van der Waals surface area (Å²) in [6.07, 6.45) is 0.493. The van der Waals surface area contributed by atoms with E-state index >= 15 is 0 Å². The van der Waals surface area contributed by atoms with Crippen LogP contribution in [0.4, 0.5) is 0 Å². The maximum Gasteiger partial charge on any atom is 0.122 e. The van der Waals surface area contributed by atoms with Crippen LogP contribution in [0.2, 0.25) is 0 Å². The summed E-state index contributed by atoms with van der Waals surface area (Å²) in [6.45, 7) is 5.87. The smallest absolute Gasteiger partial charge is 0.122 e. The molecule has 1 atom stereocenters. The van der Waals surface area contributed by atoms with Crippen molar-refractivity contribution >= 4 is 24.8 Å². The molecule has 0 unspecified atom stereocenters. The van der Waals surface area contributed by atoms with E-state index in [0.29, 0.717) is 6.42 Å². The SMILES string of the molecule is Cc1ccc([C@H](CC#N)N2CCNCC2)o1.Cl.Cl. The Balaban J connectivity index is 0.00000144. The lowest BCUT2D eigenvalue weighted by Gasteiger charge is -2.32. The minimum absolute atomic E-state index is 0. The summed E-state index contributed by atoms with van der Waals surface area (Å²) in [7, 11) is 0. The normalized spacial score (nSPS) is 17.1. The van der Waals surface area contributed by atoms with Crippen LogP contribution in [-0.2, 0) is 0 Å². The third-order valence-corrected chi connectivity index (χ3v) is 2.97. The molecule has 102 valence electrons. The molecule has 1 saturated heterocycles. The van der Waals surface area contributed by atoms with E-state index in [1.807, 2.05) is 19.1 Å². The molecule has 0 spiro atoms. The number of rotatable bonds is 3. The first-order valence-electron chi connectivity index (χ1n) is 5.69. The molecular formula is C12H19Cl2N3O. The molecule has 18 heavy (non-hydrogen) atoms. The molecule has 1 aromatic rings. The first-order chi connectivity index (χ1) is 7.81. The van der Waals surface area contributed by atoms with Gasteiger partial charge in [-0.25, -0.2) is 0 Å². The van der Waals surface area contributed by atoms with Crippen molar-refractivity contribution in [2.45, 2.75) is 19.4 Å². The van der Waals surface area contributed by atoms with Gasteiger partial charge in [-0.2, -0.15) is 5.26 Å². The topological polar surface area (TPSA) is 52.2 Å². The van der Waals surface area contributed by atoms with Gasteiger partial charge < -0.3 is 9.73 Å². The van der Waals surface area contributed by atoms with Crippen LogP contribution in [0.1, 0.15) is 24.0 Å². The lowest BCUT2D eigenvalue weighted by atomic mass is 10.1. The molecule has 2 rings (SSSR count). The Hall–Kier alpha value is -0.730. The predicted octanol–water partition coefficient (Wildman–Crippen LogP) is 2.29. The molecule has 4 nitrogen and oxygen atoms in total. The number of hydrogen-bond donors (Lipinski definition) is 1. The highest BCUT2D eigenvalue weighted by atomic mass is 35.5. The van der Waals surface area contributed by atoms with Gasteiger partial charge in [-0.1, -0.05) is 0 Å². The van der Waals surface area contributed by atoms with Gasteiger partial charge in [0.15, 0.2) is 0 Å². The molecule has 6 heteroatoms. The number of furan rings is 1. The Kier molecular flexibility index (Phi) is 8.05. The maximum atomic E-state index is 8.90. The molecule has 0 radical (unpaired) electrons. The van der Waals surface area contributed by atoms with Crippen molar-refractivity contribution in [1.82, 2.24) is 10.2 Å². The number of piperazine rings is 1. The average molecular weight is 292 g/mol.